The van der Waals surface area contributed by atoms with Gasteiger partial charge in [-0.05, 0) is 49.4 Å². The number of halogens is 4. The van der Waals surface area contributed by atoms with Crippen LogP contribution in [0.25, 0.3) is 11.1 Å². The number of aromatic nitrogens is 1. The summed E-state index contributed by atoms with van der Waals surface area (Å²) in [4.78, 5) is 33.5. The lowest BCUT2D eigenvalue weighted by molar-refractivity contribution is -0.138. The first kappa shape index (κ1) is 29.7. The van der Waals surface area contributed by atoms with Crippen LogP contribution in [-0.2, 0) is 17.5 Å². The number of anilines is 2. The number of morpholine rings is 1. The Hall–Kier alpha value is -3.74. The molecule has 0 radical (unpaired) electrons. The average Bonchev–Trinajstić information content (AvgIpc) is 2.95. The molecule has 0 bridgehead atoms. The Morgan fingerprint density at radius 1 is 1.07 bits per heavy atom. The Labute approximate surface area is 240 Å². The highest BCUT2D eigenvalue weighted by Gasteiger charge is 2.36. The number of pyridine rings is 1. The van der Waals surface area contributed by atoms with Crippen LogP contribution in [0.4, 0.5) is 28.9 Å². The number of alkyl halides is 3. The molecule has 8 nitrogen and oxygen atoms in total. The second-order valence-electron chi connectivity index (χ2n) is 10.8. The second kappa shape index (κ2) is 12.2. The first-order valence-corrected chi connectivity index (χ1v) is 13.8. The van der Waals surface area contributed by atoms with E-state index >= 15 is 4.39 Å². The lowest BCUT2D eigenvalue weighted by atomic mass is 10.00. The van der Waals surface area contributed by atoms with E-state index in [4.69, 9.17) is 4.74 Å². The van der Waals surface area contributed by atoms with E-state index in [1.165, 1.54) is 6.07 Å². The van der Waals surface area contributed by atoms with E-state index in [2.05, 4.69) is 27.0 Å². The normalized spacial score (nSPS) is 18.7. The topological polar surface area (TPSA) is 80.9 Å². The quantitative estimate of drug-likeness (QED) is 0.416. The van der Waals surface area contributed by atoms with E-state index in [0.29, 0.717) is 55.7 Å². The van der Waals surface area contributed by atoms with Gasteiger partial charge < -0.3 is 24.8 Å². The second-order valence-corrected chi connectivity index (χ2v) is 10.8. The van der Waals surface area contributed by atoms with Crippen LogP contribution in [0.5, 0.6) is 0 Å². The highest BCUT2D eigenvalue weighted by atomic mass is 19.4. The van der Waals surface area contributed by atoms with E-state index in [1.807, 2.05) is 11.9 Å². The number of likely N-dealkylation sites (N-methyl/N-ethyl adjacent to an activating group) is 1. The van der Waals surface area contributed by atoms with Gasteiger partial charge in [-0.2, -0.15) is 13.2 Å². The van der Waals surface area contributed by atoms with Gasteiger partial charge in [0.2, 0.25) is 5.56 Å². The van der Waals surface area contributed by atoms with Gasteiger partial charge in [-0.25, -0.2) is 4.39 Å². The zero-order chi connectivity index (χ0) is 30.0. The highest BCUT2D eigenvalue weighted by molar-refractivity contribution is 6.07. The van der Waals surface area contributed by atoms with Crippen molar-refractivity contribution < 1.29 is 27.1 Å². The molecule has 2 saturated heterocycles. The van der Waals surface area contributed by atoms with Crippen LogP contribution >= 0.6 is 0 Å². The predicted octanol–water partition coefficient (Wildman–Crippen LogP) is 4.42. The zero-order valence-electron chi connectivity index (χ0n) is 23.4. The summed E-state index contributed by atoms with van der Waals surface area (Å²) in [6, 6.07) is 10.5. The number of amides is 1. The summed E-state index contributed by atoms with van der Waals surface area (Å²) in [5.74, 6) is -1.50. The molecule has 2 aliphatic rings. The van der Waals surface area contributed by atoms with Gasteiger partial charge in [-0.1, -0.05) is 12.1 Å². The maximum atomic E-state index is 15.2. The third kappa shape index (κ3) is 6.66. The van der Waals surface area contributed by atoms with Gasteiger partial charge in [0.05, 0.1) is 35.7 Å². The predicted molar refractivity (Wildman–Crippen MR) is 152 cm³/mol. The molecule has 224 valence electrons. The van der Waals surface area contributed by atoms with E-state index in [-0.39, 0.29) is 11.7 Å². The highest BCUT2D eigenvalue weighted by Crippen LogP contribution is 2.36. The minimum atomic E-state index is -4.91. The van der Waals surface area contributed by atoms with E-state index in [0.717, 1.165) is 31.4 Å². The van der Waals surface area contributed by atoms with Crippen LogP contribution in [0.3, 0.4) is 0 Å². The number of H-pyrrole nitrogens is 1. The zero-order valence-corrected chi connectivity index (χ0v) is 23.4. The minimum Gasteiger partial charge on any atom is -0.379 e. The Kier molecular flexibility index (Phi) is 8.67. The van der Waals surface area contributed by atoms with Gasteiger partial charge >= 0.3 is 6.18 Å². The summed E-state index contributed by atoms with van der Waals surface area (Å²) in [6.45, 7) is 7.47. The first-order valence-electron chi connectivity index (χ1n) is 13.8. The Bertz CT molecular complexity index is 1500. The number of carbonyl (C=O) groups excluding carboxylic acids is 1. The molecule has 3 heterocycles. The molecule has 2 fully saturated rings. The lowest BCUT2D eigenvalue weighted by Crippen LogP contribution is -2.50. The third-order valence-corrected chi connectivity index (χ3v) is 7.87. The molecule has 1 amide bonds. The fourth-order valence-corrected chi connectivity index (χ4v) is 5.34. The van der Waals surface area contributed by atoms with E-state index < -0.39 is 34.6 Å². The van der Waals surface area contributed by atoms with Crippen molar-refractivity contribution in [1.82, 2.24) is 14.8 Å². The summed E-state index contributed by atoms with van der Waals surface area (Å²) >= 11 is 0. The minimum absolute atomic E-state index is 0.187. The van der Waals surface area contributed by atoms with Gasteiger partial charge in [-0.15, -0.1) is 0 Å². The standard InChI is InChI=1S/C30H33F4N5O3/c1-19-17-39(8-7-37(19)2)27-6-4-21(22-13-20(3-5-25(22)31)18-38-9-11-42-12-10-38)14-26(27)36-29(41)23-16-35-28(40)15-24(23)30(32,33)34/h3-6,13-16,19H,7-12,17-18H2,1-2H3,(H,35,40)(H,36,41). The van der Waals surface area contributed by atoms with Crippen molar-refractivity contribution in [2.75, 3.05) is 63.2 Å². The molecule has 0 aliphatic carbocycles. The van der Waals surface area contributed by atoms with Crippen LogP contribution in [0.2, 0.25) is 0 Å². The van der Waals surface area contributed by atoms with Gasteiger partial charge in [0.15, 0.2) is 0 Å². The molecule has 42 heavy (non-hydrogen) atoms. The number of hydrogen-bond donors (Lipinski definition) is 2. The summed E-state index contributed by atoms with van der Waals surface area (Å²) in [6.07, 6.45) is -4.15. The fourth-order valence-electron chi connectivity index (χ4n) is 5.34. The Balaban J connectivity index is 1.52. The molecular formula is C30H33F4N5O3. The van der Waals surface area contributed by atoms with E-state index in [9.17, 15) is 22.8 Å². The molecular weight excluding hydrogens is 554 g/mol. The number of hydrogen-bond acceptors (Lipinski definition) is 6. The van der Waals surface area contributed by atoms with E-state index in [1.54, 1.807) is 30.3 Å². The maximum Gasteiger partial charge on any atom is 0.417 e. The third-order valence-electron chi connectivity index (χ3n) is 7.87. The molecule has 2 aliphatic heterocycles. The van der Waals surface area contributed by atoms with Crippen molar-refractivity contribution in [3.8, 4) is 11.1 Å². The summed E-state index contributed by atoms with van der Waals surface area (Å²) in [5.41, 5.74) is -0.495. The van der Waals surface area contributed by atoms with Crippen LogP contribution < -0.4 is 15.8 Å². The Morgan fingerprint density at radius 3 is 2.55 bits per heavy atom. The molecule has 0 saturated carbocycles. The van der Waals surface area contributed by atoms with Crippen molar-refractivity contribution >= 4 is 17.3 Å². The van der Waals surface area contributed by atoms with Crippen LogP contribution in [0.15, 0.2) is 53.5 Å². The number of aromatic amines is 1. The van der Waals surface area contributed by atoms with Gasteiger partial charge in [0.1, 0.15) is 5.82 Å². The smallest absolute Gasteiger partial charge is 0.379 e. The molecule has 2 aromatic carbocycles. The molecule has 1 aromatic heterocycles. The SMILES string of the molecule is CC1CN(c2ccc(-c3cc(CN4CCOCC4)ccc3F)cc2NC(=O)c2c[nH]c(=O)cc2C(F)(F)F)CCN1C. The lowest BCUT2D eigenvalue weighted by Gasteiger charge is -2.39. The molecule has 12 heteroatoms. The number of nitrogens with zero attached hydrogens (tertiary/aromatic N) is 3. The number of carbonyl (C=O) groups is 1. The van der Waals surface area contributed by atoms with Crippen molar-refractivity contribution in [1.29, 1.82) is 0 Å². The molecule has 3 aromatic rings. The van der Waals surface area contributed by atoms with Gasteiger partial charge in [0.25, 0.3) is 5.91 Å². The summed E-state index contributed by atoms with van der Waals surface area (Å²) in [7, 11) is 2.01. The Morgan fingerprint density at radius 2 is 1.83 bits per heavy atom. The number of ether oxygens (including phenoxy) is 1. The summed E-state index contributed by atoms with van der Waals surface area (Å²) < 4.78 is 61.7. The number of benzene rings is 2. The monoisotopic (exact) mass is 587 g/mol. The largest absolute Gasteiger partial charge is 0.417 e. The molecule has 2 N–H and O–H groups in total. The fraction of sp³-hybridized carbons (Fsp3) is 0.400. The number of rotatable bonds is 6. The maximum absolute atomic E-state index is 15.2. The first-order chi connectivity index (χ1) is 20.0. The summed E-state index contributed by atoms with van der Waals surface area (Å²) in [5, 5.41) is 2.63. The molecule has 1 atom stereocenters. The average molecular weight is 588 g/mol. The van der Waals surface area contributed by atoms with Gasteiger partial charge in [0, 0.05) is 63.1 Å². The number of piperazine rings is 1. The molecule has 0 spiro atoms. The van der Waals surface area contributed by atoms with Crippen molar-refractivity contribution in [2.24, 2.45) is 0 Å². The van der Waals surface area contributed by atoms with Crippen molar-refractivity contribution in [2.45, 2.75) is 25.7 Å². The van der Waals surface area contributed by atoms with Crippen LogP contribution in [0, 0.1) is 5.82 Å². The number of nitrogens with one attached hydrogen (secondary N) is 2. The van der Waals surface area contributed by atoms with Crippen molar-refractivity contribution in [3.63, 3.8) is 0 Å². The van der Waals surface area contributed by atoms with Crippen molar-refractivity contribution in [3.05, 3.63) is 81.5 Å². The van der Waals surface area contributed by atoms with Crippen LogP contribution in [0.1, 0.15) is 28.4 Å². The van der Waals surface area contributed by atoms with Gasteiger partial charge in [-0.3, -0.25) is 14.5 Å². The van der Waals surface area contributed by atoms with Crippen LogP contribution in [-0.4, -0.2) is 79.7 Å². The molecule has 5 rings (SSSR count). The molecule has 1 unspecified atom stereocenters.